The van der Waals surface area contributed by atoms with Gasteiger partial charge >= 0.3 is 0 Å². The van der Waals surface area contributed by atoms with Crippen molar-refractivity contribution < 1.29 is 4.39 Å². The summed E-state index contributed by atoms with van der Waals surface area (Å²) in [5.74, 6) is -0.355. The third-order valence-corrected chi connectivity index (χ3v) is 2.70. The molecule has 1 aliphatic carbocycles. The van der Waals surface area contributed by atoms with Crippen molar-refractivity contribution in [2.75, 3.05) is 0 Å². The summed E-state index contributed by atoms with van der Waals surface area (Å²) in [5.41, 5.74) is 2.53. The smallest absolute Gasteiger partial charge is 0.213 e. The lowest BCUT2D eigenvalue weighted by Crippen LogP contribution is -2.12. The zero-order chi connectivity index (χ0) is 10.8. The molecule has 1 aromatic heterocycles. The van der Waals surface area contributed by atoms with Crippen LogP contribution >= 0.6 is 0 Å². The second-order valence-electron chi connectivity index (χ2n) is 4.05. The molecule has 1 aromatic rings. The molecule has 0 amide bonds. The van der Waals surface area contributed by atoms with Crippen LogP contribution in [0.4, 0.5) is 4.39 Å². The van der Waals surface area contributed by atoms with Crippen LogP contribution in [0.3, 0.4) is 0 Å². The van der Waals surface area contributed by atoms with Gasteiger partial charge in [-0.1, -0.05) is 27.7 Å². The largest absolute Gasteiger partial charge is 0.228 e. The molecule has 0 saturated carbocycles. The van der Waals surface area contributed by atoms with Gasteiger partial charge in [-0.25, -0.2) is 4.98 Å². The quantitative estimate of drug-likeness (QED) is 0.578. The summed E-state index contributed by atoms with van der Waals surface area (Å²) in [7, 11) is 0. The maximum absolute atomic E-state index is 12.7. The van der Waals surface area contributed by atoms with Crippen molar-refractivity contribution in [1.82, 2.24) is 4.98 Å². The Morgan fingerprint density at radius 1 is 1.36 bits per heavy atom. The van der Waals surface area contributed by atoms with Gasteiger partial charge in [0.05, 0.1) is 0 Å². The van der Waals surface area contributed by atoms with Gasteiger partial charge in [0.15, 0.2) is 0 Å². The molecule has 1 aliphatic rings. The molecular formula is C12H18FN. The van der Waals surface area contributed by atoms with Gasteiger partial charge < -0.3 is 0 Å². The van der Waals surface area contributed by atoms with E-state index < -0.39 is 0 Å². The summed E-state index contributed by atoms with van der Waals surface area (Å²) in [6.45, 7) is 8.36. The molecule has 0 saturated heterocycles. The topological polar surface area (TPSA) is 12.9 Å². The highest BCUT2D eigenvalue weighted by molar-refractivity contribution is 5.35. The first kappa shape index (κ1) is 11.2. The van der Waals surface area contributed by atoms with E-state index >= 15 is 0 Å². The molecule has 0 spiro atoms. The van der Waals surface area contributed by atoms with Gasteiger partial charge in [0.2, 0.25) is 5.95 Å². The lowest BCUT2D eigenvalue weighted by Gasteiger charge is -2.17. The molecule has 1 heterocycles. The maximum atomic E-state index is 12.7. The van der Waals surface area contributed by atoms with Gasteiger partial charge in [0.1, 0.15) is 0 Å². The minimum Gasteiger partial charge on any atom is -0.228 e. The van der Waals surface area contributed by atoms with Crippen LogP contribution in [0.25, 0.3) is 0 Å². The number of halogens is 1. The monoisotopic (exact) mass is 195 g/mol. The van der Waals surface area contributed by atoms with E-state index in [4.69, 9.17) is 0 Å². The van der Waals surface area contributed by atoms with Gasteiger partial charge in [-0.2, -0.15) is 4.39 Å². The fraction of sp³-hybridized carbons (Fsp3) is 0.583. The molecule has 0 aromatic carbocycles. The van der Waals surface area contributed by atoms with E-state index in [0.29, 0.717) is 0 Å². The normalized spacial score (nSPS) is 16.9. The van der Waals surface area contributed by atoms with Crippen LogP contribution < -0.4 is 0 Å². The molecule has 2 rings (SSSR count). The summed E-state index contributed by atoms with van der Waals surface area (Å²) in [6, 6.07) is 1.56. The molecule has 2 heteroatoms. The van der Waals surface area contributed by atoms with Crippen LogP contribution in [0.2, 0.25) is 0 Å². The first-order valence-electron chi connectivity index (χ1n) is 5.24. The third-order valence-electron chi connectivity index (χ3n) is 2.70. The summed E-state index contributed by atoms with van der Waals surface area (Å²) < 4.78 is 12.7. The Bertz CT molecular complexity index is 318. The number of nitrogens with zero attached hydrogens (tertiary/aromatic N) is 1. The molecule has 0 unspecified atom stereocenters. The van der Waals surface area contributed by atoms with Crippen LogP contribution in [0, 0.1) is 5.95 Å². The number of aromatic nitrogens is 1. The van der Waals surface area contributed by atoms with Crippen molar-refractivity contribution in [3.63, 3.8) is 0 Å². The lowest BCUT2D eigenvalue weighted by atomic mass is 9.88. The molecule has 1 nitrogen and oxygen atoms in total. The molecule has 0 N–H and O–H groups in total. The van der Waals surface area contributed by atoms with Gasteiger partial charge in [-0.05, 0) is 35.4 Å². The first-order valence-corrected chi connectivity index (χ1v) is 5.24. The minimum atomic E-state index is -0.355. The van der Waals surface area contributed by atoms with Crippen molar-refractivity contribution in [2.24, 2.45) is 0 Å². The average molecular weight is 195 g/mol. The molecule has 0 aliphatic heterocycles. The molecule has 0 fully saturated rings. The predicted octanol–water partition coefficient (Wildman–Crippen LogP) is 3.47. The highest BCUT2D eigenvalue weighted by atomic mass is 19.1. The van der Waals surface area contributed by atoms with E-state index in [1.54, 1.807) is 12.3 Å². The molecule has 14 heavy (non-hydrogen) atoms. The fourth-order valence-corrected chi connectivity index (χ4v) is 1.87. The Morgan fingerprint density at radius 3 is 2.64 bits per heavy atom. The number of rotatable bonds is 0. The molecule has 78 valence electrons. The Kier molecular flexibility index (Phi) is 3.25. The van der Waals surface area contributed by atoms with Crippen molar-refractivity contribution in [3.8, 4) is 0 Å². The Balaban J connectivity index is 0.000000461. The maximum Gasteiger partial charge on any atom is 0.213 e. The van der Waals surface area contributed by atoms with Gasteiger partial charge in [-0.15, -0.1) is 0 Å². The number of fused-ring (bicyclic) bond motifs is 1. The van der Waals surface area contributed by atoms with Crippen LogP contribution in [0.1, 0.15) is 45.2 Å². The molecule has 0 bridgehead atoms. The Morgan fingerprint density at radius 2 is 2.00 bits per heavy atom. The summed E-state index contributed by atoms with van der Waals surface area (Å²) in [4.78, 5) is 3.68. The van der Waals surface area contributed by atoms with Crippen LogP contribution in [0.5, 0.6) is 0 Å². The summed E-state index contributed by atoms with van der Waals surface area (Å²) in [6.07, 6.45) is 3.77. The standard InChI is InChI=1S/C10H12FN.C2H6/c1-10(2)4-3-7-5-9(11)12-6-8(7)10;1-2/h5-6H,3-4H2,1-2H3;1-2H3. The second kappa shape index (κ2) is 4.07. The molecular weight excluding hydrogens is 177 g/mol. The summed E-state index contributed by atoms with van der Waals surface area (Å²) >= 11 is 0. The zero-order valence-electron chi connectivity index (χ0n) is 9.39. The average Bonchev–Trinajstić information content (AvgIpc) is 2.45. The highest BCUT2D eigenvalue weighted by Crippen LogP contribution is 2.37. The van der Waals surface area contributed by atoms with Crippen LogP contribution in [-0.2, 0) is 11.8 Å². The number of hydrogen-bond donors (Lipinski definition) is 0. The van der Waals surface area contributed by atoms with Crippen LogP contribution in [0.15, 0.2) is 12.3 Å². The lowest BCUT2D eigenvalue weighted by molar-refractivity contribution is 0.519. The van der Waals surface area contributed by atoms with Crippen molar-refractivity contribution in [2.45, 2.75) is 46.0 Å². The number of aryl methyl sites for hydroxylation is 1. The zero-order valence-corrected chi connectivity index (χ0v) is 9.39. The number of hydrogen-bond acceptors (Lipinski definition) is 1. The second-order valence-corrected chi connectivity index (χ2v) is 4.05. The Hall–Kier alpha value is -0.920. The van der Waals surface area contributed by atoms with E-state index in [1.807, 2.05) is 13.8 Å². The molecule has 0 atom stereocenters. The van der Waals surface area contributed by atoms with Gasteiger partial charge in [0, 0.05) is 6.20 Å². The van der Waals surface area contributed by atoms with Crippen LogP contribution in [-0.4, -0.2) is 4.98 Å². The Labute approximate surface area is 85.4 Å². The first-order chi connectivity index (χ1) is 6.59. The molecule has 0 radical (unpaired) electrons. The number of pyridine rings is 1. The summed E-state index contributed by atoms with van der Waals surface area (Å²) in [5, 5.41) is 0. The van der Waals surface area contributed by atoms with Crippen molar-refractivity contribution >= 4 is 0 Å². The minimum absolute atomic E-state index is 0.191. The third kappa shape index (κ3) is 1.94. The predicted molar refractivity (Wildman–Crippen MR) is 56.9 cm³/mol. The van der Waals surface area contributed by atoms with E-state index in [0.717, 1.165) is 18.4 Å². The van der Waals surface area contributed by atoms with Crippen molar-refractivity contribution in [3.05, 3.63) is 29.3 Å². The van der Waals surface area contributed by atoms with E-state index in [2.05, 4.69) is 18.8 Å². The van der Waals surface area contributed by atoms with E-state index in [9.17, 15) is 4.39 Å². The SMILES string of the molecule is CC.CC1(C)CCc2cc(F)ncc21. The fourth-order valence-electron chi connectivity index (χ4n) is 1.87. The van der Waals surface area contributed by atoms with E-state index in [1.165, 1.54) is 5.56 Å². The highest BCUT2D eigenvalue weighted by Gasteiger charge is 2.29. The van der Waals surface area contributed by atoms with E-state index in [-0.39, 0.29) is 11.4 Å². The van der Waals surface area contributed by atoms with Gasteiger partial charge in [-0.3, -0.25) is 0 Å². The van der Waals surface area contributed by atoms with Crippen molar-refractivity contribution in [1.29, 1.82) is 0 Å². The van der Waals surface area contributed by atoms with Gasteiger partial charge in [0.25, 0.3) is 0 Å².